The van der Waals surface area contributed by atoms with Crippen LogP contribution >= 0.6 is 0 Å². The number of aromatic nitrogens is 2. The predicted octanol–water partition coefficient (Wildman–Crippen LogP) is 2.06. The smallest absolute Gasteiger partial charge is 0.266 e. The molecule has 8 heteroatoms. The minimum absolute atomic E-state index is 0.185. The van der Waals surface area contributed by atoms with Crippen LogP contribution in [0.25, 0.3) is 11.3 Å². The molecule has 0 unspecified atom stereocenters. The third-order valence-electron chi connectivity index (χ3n) is 4.11. The lowest BCUT2D eigenvalue weighted by Crippen LogP contribution is -2.34. The number of nitrogens with zero attached hydrogens (tertiary/aromatic N) is 2. The van der Waals surface area contributed by atoms with Gasteiger partial charge in [-0.05, 0) is 18.2 Å². The quantitative estimate of drug-likeness (QED) is 0.596. The van der Waals surface area contributed by atoms with Crippen LogP contribution in [0.2, 0.25) is 0 Å². The maximum Gasteiger partial charge on any atom is 0.266 e. The molecule has 0 aliphatic rings. The molecule has 0 spiro atoms. The third kappa shape index (κ3) is 6.03. The number of rotatable bonds is 8. The fourth-order valence-electron chi connectivity index (χ4n) is 2.74. The Morgan fingerprint density at radius 3 is 2.60 bits per heavy atom. The van der Waals surface area contributed by atoms with E-state index in [1.165, 1.54) is 17.7 Å². The van der Waals surface area contributed by atoms with E-state index in [-0.39, 0.29) is 37.1 Å². The molecule has 0 radical (unpaired) electrons. The van der Waals surface area contributed by atoms with Gasteiger partial charge < -0.3 is 15.4 Å². The predicted molar refractivity (Wildman–Crippen MR) is 113 cm³/mol. The molecule has 0 aliphatic heterocycles. The first-order chi connectivity index (χ1) is 14.5. The van der Waals surface area contributed by atoms with Gasteiger partial charge in [-0.15, -0.1) is 0 Å². The maximum atomic E-state index is 12.0. The van der Waals surface area contributed by atoms with Crippen molar-refractivity contribution in [3.63, 3.8) is 0 Å². The molecule has 0 saturated carbocycles. The number of anilines is 1. The molecule has 3 aromatic rings. The number of nitrogens with one attached hydrogen (secondary N) is 2. The Kier molecular flexibility index (Phi) is 6.94. The summed E-state index contributed by atoms with van der Waals surface area (Å²) < 4.78 is 6.77. The van der Waals surface area contributed by atoms with Gasteiger partial charge in [0.1, 0.15) is 5.75 Å². The van der Waals surface area contributed by atoms with Gasteiger partial charge in [-0.25, -0.2) is 4.68 Å². The average Bonchev–Trinajstić information content (AvgIpc) is 2.74. The summed E-state index contributed by atoms with van der Waals surface area (Å²) in [6, 6.07) is 19.4. The van der Waals surface area contributed by atoms with E-state index in [1.807, 2.05) is 30.3 Å². The average molecular weight is 406 g/mol. The largest absolute Gasteiger partial charge is 0.484 e. The zero-order valence-electron chi connectivity index (χ0n) is 16.5. The molecule has 3 rings (SSSR count). The molecule has 8 nitrogen and oxygen atoms in total. The molecule has 0 fully saturated rings. The number of amides is 2. The van der Waals surface area contributed by atoms with Crippen molar-refractivity contribution in [3.8, 4) is 17.0 Å². The van der Waals surface area contributed by atoms with Crippen LogP contribution in [0.4, 0.5) is 5.69 Å². The molecular formula is C22H22N4O4. The van der Waals surface area contributed by atoms with Gasteiger partial charge in [0, 0.05) is 36.9 Å². The van der Waals surface area contributed by atoms with Crippen molar-refractivity contribution in [2.75, 3.05) is 18.5 Å². The standard InChI is InChI=1S/C22H22N4O4/c1-16(27)24-18-8-5-9-19(14-18)30-15-21(28)23-12-13-26-22(29)11-10-20(25-26)17-6-3-2-4-7-17/h2-11,14H,12-13,15H2,1H3,(H,23,28)(H,24,27). The monoisotopic (exact) mass is 406 g/mol. The molecule has 0 bridgehead atoms. The number of benzene rings is 2. The molecule has 154 valence electrons. The second-order valence-corrected chi connectivity index (χ2v) is 6.49. The topological polar surface area (TPSA) is 102 Å². The van der Waals surface area contributed by atoms with Gasteiger partial charge in [-0.3, -0.25) is 14.4 Å². The van der Waals surface area contributed by atoms with E-state index in [2.05, 4.69) is 15.7 Å². The Bertz CT molecular complexity index is 1080. The molecule has 2 aromatic carbocycles. The van der Waals surface area contributed by atoms with Crippen LogP contribution in [0.15, 0.2) is 71.5 Å². The van der Waals surface area contributed by atoms with Crippen LogP contribution in [-0.2, 0) is 16.1 Å². The van der Waals surface area contributed by atoms with E-state index in [1.54, 1.807) is 30.3 Å². The van der Waals surface area contributed by atoms with Gasteiger partial charge in [0.05, 0.1) is 12.2 Å². The van der Waals surface area contributed by atoms with Gasteiger partial charge in [0.15, 0.2) is 6.61 Å². The molecule has 0 saturated heterocycles. The van der Waals surface area contributed by atoms with Crippen molar-refractivity contribution >= 4 is 17.5 Å². The van der Waals surface area contributed by atoms with Gasteiger partial charge in [-0.2, -0.15) is 5.10 Å². The van der Waals surface area contributed by atoms with Crippen molar-refractivity contribution in [3.05, 3.63) is 77.1 Å². The second-order valence-electron chi connectivity index (χ2n) is 6.49. The first-order valence-electron chi connectivity index (χ1n) is 9.42. The minimum atomic E-state index is -0.327. The molecule has 2 N–H and O–H groups in total. The first-order valence-corrected chi connectivity index (χ1v) is 9.42. The molecule has 2 amide bonds. The summed E-state index contributed by atoms with van der Waals surface area (Å²) in [6.07, 6.45) is 0. The Balaban J connectivity index is 1.50. The fraction of sp³-hybridized carbons (Fsp3) is 0.182. The van der Waals surface area contributed by atoms with E-state index in [0.717, 1.165) is 5.56 Å². The summed E-state index contributed by atoms with van der Waals surface area (Å²) in [7, 11) is 0. The van der Waals surface area contributed by atoms with Gasteiger partial charge in [0.25, 0.3) is 11.5 Å². The number of ether oxygens (including phenoxy) is 1. The zero-order chi connectivity index (χ0) is 21.3. The van der Waals surface area contributed by atoms with E-state index in [4.69, 9.17) is 4.74 Å². The van der Waals surface area contributed by atoms with Gasteiger partial charge in [-0.1, -0.05) is 36.4 Å². The lowest BCUT2D eigenvalue weighted by Gasteiger charge is -2.10. The van der Waals surface area contributed by atoms with Crippen molar-refractivity contribution in [1.82, 2.24) is 15.1 Å². The van der Waals surface area contributed by atoms with Crippen LogP contribution in [0.1, 0.15) is 6.92 Å². The van der Waals surface area contributed by atoms with Crippen LogP contribution < -0.4 is 20.9 Å². The second kappa shape index (κ2) is 10.0. The number of hydrogen-bond donors (Lipinski definition) is 2. The Labute approximate surface area is 173 Å². The molecule has 0 atom stereocenters. The molecule has 1 aromatic heterocycles. The van der Waals surface area contributed by atoms with Gasteiger partial charge >= 0.3 is 0 Å². The van der Waals surface area contributed by atoms with E-state index in [0.29, 0.717) is 17.1 Å². The molecule has 1 heterocycles. The highest BCUT2D eigenvalue weighted by Crippen LogP contribution is 2.17. The summed E-state index contributed by atoms with van der Waals surface area (Å²) in [6.45, 7) is 1.70. The maximum absolute atomic E-state index is 12.0. The van der Waals surface area contributed by atoms with Crippen LogP contribution in [-0.4, -0.2) is 34.7 Å². The normalized spacial score (nSPS) is 10.3. The van der Waals surface area contributed by atoms with E-state index >= 15 is 0 Å². The molecule has 0 aliphatic carbocycles. The Hall–Kier alpha value is -3.94. The lowest BCUT2D eigenvalue weighted by molar-refractivity contribution is -0.123. The Morgan fingerprint density at radius 2 is 1.83 bits per heavy atom. The van der Waals surface area contributed by atoms with Crippen LogP contribution in [0, 0.1) is 0 Å². The summed E-state index contributed by atoms with van der Waals surface area (Å²) in [5, 5.41) is 9.70. The minimum Gasteiger partial charge on any atom is -0.484 e. The van der Waals surface area contributed by atoms with Crippen LogP contribution in [0.5, 0.6) is 5.75 Å². The lowest BCUT2D eigenvalue weighted by atomic mass is 10.1. The van der Waals surface area contributed by atoms with Crippen molar-refractivity contribution < 1.29 is 14.3 Å². The summed E-state index contributed by atoms with van der Waals surface area (Å²) in [5.74, 6) is -0.0536. The number of carbonyl (C=O) groups excluding carboxylic acids is 2. The van der Waals surface area contributed by atoms with Gasteiger partial charge in [0.2, 0.25) is 5.91 Å². The van der Waals surface area contributed by atoms with Crippen molar-refractivity contribution in [2.24, 2.45) is 0 Å². The highest BCUT2D eigenvalue weighted by molar-refractivity contribution is 5.88. The summed E-state index contributed by atoms with van der Waals surface area (Å²) in [4.78, 5) is 35.2. The highest BCUT2D eigenvalue weighted by Gasteiger charge is 2.06. The van der Waals surface area contributed by atoms with Crippen molar-refractivity contribution in [2.45, 2.75) is 13.5 Å². The zero-order valence-corrected chi connectivity index (χ0v) is 16.5. The molecular weight excluding hydrogens is 384 g/mol. The van der Waals surface area contributed by atoms with E-state index < -0.39 is 0 Å². The summed E-state index contributed by atoms with van der Waals surface area (Å²) >= 11 is 0. The highest BCUT2D eigenvalue weighted by atomic mass is 16.5. The first kappa shape index (κ1) is 20.8. The third-order valence-corrected chi connectivity index (χ3v) is 4.11. The summed E-state index contributed by atoms with van der Waals surface area (Å²) in [5.41, 5.74) is 1.94. The van der Waals surface area contributed by atoms with Crippen molar-refractivity contribution in [1.29, 1.82) is 0 Å². The van der Waals surface area contributed by atoms with Crippen LogP contribution in [0.3, 0.4) is 0 Å². The fourth-order valence-corrected chi connectivity index (χ4v) is 2.74. The Morgan fingerprint density at radius 1 is 1.03 bits per heavy atom. The number of hydrogen-bond acceptors (Lipinski definition) is 5. The van der Waals surface area contributed by atoms with E-state index in [9.17, 15) is 14.4 Å². The number of carbonyl (C=O) groups is 2. The SMILES string of the molecule is CC(=O)Nc1cccc(OCC(=O)NCCn2nc(-c3ccccc3)ccc2=O)c1. The molecule has 30 heavy (non-hydrogen) atoms.